The lowest BCUT2D eigenvalue weighted by Gasteiger charge is -2.13. The molecule has 0 spiro atoms. The number of pyridine rings is 2. The maximum absolute atomic E-state index is 12.7. The van der Waals surface area contributed by atoms with Crippen molar-refractivity contribution < 1.29 is 13.2 Å². The van der Waals surface area contributed by atoms with Gasteiger partial charge >= 0.3 is 6.18 Å². The van der Waals surface area contributed by atoms with Crippen molar-refractivity contribution in [3.8, 4) is 0 Å². The van der Waals surface area contributed by atoms with E-state index in [-0.39, 0.29) is 28.2 Å². The molecule has 11 heteroatoms. The number of aromatic nitrogens is 4. The van der Waals surface area contributed by atoms with Crippen LogP contribution in [0.2, 0.25) is 5.02 Å². The summed E-state index contributed by atoms with van der Waals surface area (Å²) in [4.78, 5) is 15.9. The number of halogens is 4. The molecular formula is C16H13ClF3N7. The Balaban J connectivity index is 1.85. The number of nitrogen functional groups attached to an aromatic ring is 1. The molecule has 0 fully saturated rings. The Kier molecular flexibility index (Phi) is 5.00. The zero-order valence-corrected chi connectivity index (χ0v) is 14.6. The van der Waals surface area contributed by atoms with E-state index in [2.05, 4.69) is 30.6 Å². The first-order valence-corrected chi connectivity index (χ1v) is 7.92. The molecule has 0 atom stereocenters. The highest BCUT2D eigenvalue weighted by molar-refractivity contribution is 6.33. The van der Waals surface area contributed by atoms with Gasteiger partial charge in [0.2, 0.25) is 0 Å². The Morgan fingerprint density at radius 2 is 1.67 bits per heavy atom. The van der Waals surface area contributed by atoms with E-state index in [9.17, 15) is 13.2 Å². The van der Waals surface area contributed by atoms with Gasteiger partial charge in [0, 0.05) is 12.4 Å². The van der Waals surface area contributed by atoms with Crippen molar-refractivity contribution in [3.05, 3.63) is 53.1 Å². The molecule has 0 saturated heterocycles. The van der Waals surface area contributed by atoms with Crippen LogP contribution in [-0.2, 0) is 6.18 Å². The third-order valence-electron chi connectivity index (χ3n) is 3.45. The summed E-state index contributed by atoms with van der Waals surface area (Å²) in [5.41, 5.74) is 6.18. The van der Waals surface area contributed by atoms with Crippen LogP contribution in [0.5, 0.6) is 0 Å². The summed E-state index contributed by atoms with van der Waals surface area (Å²) < 4.78 is 38.1. The number of aryl methyl sites for hydroxylation is 1. The normalized spacial score (nSPS) is 11.3. The lowest BCUT2D eigenvalue weighted by atomic mass is 10.2. The number of nitrogens with zero attached hydrogens (tertiary/aromatic N) is 4. The summed E-state index contributed by atoms with van der Waals surface area (Å²) in [5, 5.41) is 5.42. The Labute approximate surface area is 156 Å². The van der Waals surface area contributed by atoms with Crippen LogP contribution in [0.1, 0.15) is 11.1 Å². The molecule has 3 aromatic rings. The standard InChI is InChI=1S/C16H13ClF3N7/c1-8-2-3-11(22-5-8)26-14-12(21)15(25-7-24-14)27-13-10(17)4-9(6-23-13)16(18,19)20/h2-7H,21H2,1H3,(H2,22,23,24,25,26,27). The molecule has 27 heavy (non-hydrogen) atoms. The molecule has 4 N–H and O–H groups in total. The molecule has 0 radical (unpaired) electrons. The van der Waals surface area contributed by atoms with Gasteiger partial charge in [-0.2, -0.15) is 13.2 Å². The second kappa shape index (κ2) is 7.23. The fraction of sp³-hybridized carbons (Fsp3) is 0.125. The van der Waals surface area contributed by atoms with Gasteiger partial charge in [-0.25, -0.2) is 19.9 Å². The maximum Gasteiger partial charge on any atom is 0.417 e. The number of hydrogen-bond donors (Lipinski definition) is 3. The highest BCUT2D eigenvalue weighted by Crippen LogP contribution is 2.34. The van der Waals surface area contributed by atoms with Gasteiger partial charge in [0.15, 0.2) is 11.6 Å². The van der Waals surface area contributed by atoms with Gasteiger partial charge in [-0.15, -0.1) is 0 Å². The summed E-state index contributed by atoms with van der Waals surface area (Å²) in [6.07, 6.45) is -0.972. The number of nitrogens with one attached hydrogen (secondary N) is 2. The van der Waals surface area contributed by atoms with Gasteiger partial charge in [0.25, 0.3) is 0 Å². The molecule has 140 valence electrons. The Bertz CT molecular complexity index is 961. The van der Waals surface area contributed by atoms with Gasteiger partial charge < -0.3 is 16.4 Å². The van der Waals surface area contributed by atoms with Crippen molar-refractivity contribution in [2.24, 2.45) is 0 Å². The van der Waals surface area contributed by atoms with E-state index < -0.39 is 11.7 Å². The van der Waals surface area contributed by atoms with Crippen molar-refractivity contribution >= 4 is 40.6 Å². The Morgan fingerprint density at radius 1 is 0.963 bits per heavy atom. The fourth-order valence-corrected chi connectivity index (χ4v) is 2.27. The average molecular weight is 396 g/mol. The predicted molar refractivity (Wildman–Crippen MR) is 96.2 cm³/mol. The van der Waals surface area contributed by atoms with E-state index in [0.29, 0.717) is 12.0 Å². The number of alkyl halides is 3. The Hall–Kier alpha value is -3.14. The van der Waals surface area contributed by atoms with Crippen molar-refractivity contribution in [2.45, 2.75) is 13.1 Å². The third-order valence-corrected chi connectivity index (χ3v) is 3.74. The van der Waals surface area contributed by atoms with E-state index in [1.54, 1.807) is 12.3 Å². The quantitative estimate of drug-likeness (QED) is 0.604. The van der Waals surface area contributed by atoms with Crippen LogP contribution in [0.4, 0.5) is 42.1 Å². The van der Waals surface area contributed by atoms with Gasteiger partial charge in [-0.05, 0) is 24.6 Å². The second-order valence-corrected chi connectivity index (χ2v) is 5.91. The van der Waals surface area contributed by atoms with E-state index in [4.69, 9.17) is 17.3 Å². The van der Waals surface area contributed by atoms with Crippen molar-refractivity contribution in [1.29, 1.82) is 0 Å². The second-order valence-electron chi connectivity index (χ2n) is 5.51. The Morgan fingerprint density at radius 3 is 2.26 bits per heavy atom. The molecule has 0 saturated carbocycles. The highest BCUT2D eigenvalue weighted by atomic mass is 35.5. The monoisotopic (exact) mass is 395 g/mol. The minimum Gasteiger partial charge on any atom is -0.393 e. The molecule has 0 aromatic carbocycles. The summed E-state index contributed by atoms with van der Waals surface area (Å²) >= 11 is 5.89. The number of anilines is 5. The molecule has 7 nitrogen and oxygen atoms in total. The molecule has 0 bridgehead atoms. The van der Waals surface area contributed by atoms with Crippen LogP contribution in [0.3, 0.4) is 0 Å². The van der Waals surface area contributed by atoms with Crippen molar-refractivity contribution in [1.82, 2.24) is 19.9 Å². The van der Waals surface area contributed by atoms with Crippen LogP contribution in [0.25, 0.3) is 0 Å². The first kappa shape index (κ1) is 18.6. The van der Waals surface area contributed by atoms with Crippen LogP contribution >= 0.6 is 11.6 Å². The smallest absolute Gasteiger partial charge is 0.393 e. The molecule has 0 aliphatic carbocycles. The van der Waals surface area contributed by atoms with Gasteiger partial charge in [0.05, 0.1) is 10.6 Å². The topological polar surface area (TPSA) is 102 Å². The van der Waals surface area contributed by atoms with E-state index in [0.717, 1.165) is 11.6 Å². The van der Waals surface area contributed by atoms with E-state index in [1.165, 1.54) is 6.33 Å². The molecule has 0 aliphatic heterocycles. The van der Waals surface area contributed by atoms with Crippen LogP contribution in [0.15, 0.2) is 36.9 Å². The fourth-order valence-electron chi connectivity index (χ4n) is 2.05. The summed E-state index contributed by atoms with van der Waals surface area (Å²) in [6, 6.07) is 4.37. The summed E-state index contributed by atoms with van der Waals surface area (Å²) in [7, 11) is 0. The molecule has 0 amide bonds. The van der Waals surface area contributed by atoms with E-state index in [1.807, 2.05) is 13.0 Å². The maximum atomic E-state index is 12.7. The van der Waals surface area contributed by atoms with Crippen molar-refractivity contribution in [2.75, 3.05) is 16.4 Å². The molecule has 0 unspecified atom stereocenters. The molecule has 3 rings (SSSR count). The molecule has 0 aliphatic rings. The average Bonchev–Trinajstić information content (AvgIpc) is 2.61. The summed E-state index contributed by atoms with van der Waals surface area (Å²) in [6.45, 7) is 1.90. The number of hydrogen-bond acceptors (Lipinski definition) is 7. The van der Waals surface area contributed by atoms with Crippen LogP contribution in [-0.4, -0.2) is 19.9 Å². The highest BCUT2D eigenvalue weighted by Gasteiger charge is 2.31. The van der Waals surface area contributed by atoms with Crippen molar-refractivity contribution in [3.63, 3.8) is 0 Å². The first-order chi connectivity index (χ1) is 12.7. The first-order valence-electron chi connectivity index (χ1n) is 7.54. The van der Waals surface area contributed by atoms with Crippen LogP contribution in [0, 0.1) is 6.92 Å². The zero-order chi connectivity index (χ0) is 19.6. The molecule has 3 heterocycles. The third kappa shape index (κ3) is 4.34. The SMILES string of the molecule is Cc1ccc(Nc2ncnc(Nc3ncc(C(F)(F)F)cc3Cl)c2N)nc1. The summed E-state index contributed by atoms with van der Waals surface area (Å²) in [5.74, 6) is 0.901. The lowest BCUT2D eigenvalue weighted by Crippen LogP contribution is -2.08. The molecule has 3 aromatic heterocycles. The van der Waals surface area contributed by atoms with E-state index >= 15 is 0 Å². The van der Waals surface area contributed by atoms with Gasteiger partial charge in [-0.3, -0.25) is 0 Å². The van der Waals surface area contributed by atoms with Gasteiger partial charge in [0.1, 0.15) is 23.7 Å². The largest absolute Gasteiger partial charge is 0.417 e. The minimum atomic E-state index is -4.54. The molecular weight excluding hydrogens is 383 g/mol. The minimum absolute atomic E-state index is 0.0190. The predicted octanol–water partition coefficient (Wildman–Crippen LogP) is 4.32. The zero-order valence-electron chi connectivity index (χ0n) is 13.8. The van der Waals surface area contributed by atoms with Crippen LogP contribution < -0.4 is 16.4 Å². The van der Waals surface area contributed by atoms with Gasteiger partial charge in [-0.1, -0.05) is 17.7 Å². The number of rotatable bonds is 4. The lowest BCUT2D eigenvalue weighted by molar-refractivity contribution is -0.137. The number of nitrogens with two attached hydrogens (primary N) is 1.